The van der Waals surface area contributed by atoms with Gasteiger partial charge >= 0.3 is 5.82 Å². The smallest absolute Gasteiger partial charge is 0.394 e. The fourth-order valence-corrected chi connectivity index (χ4v) is 0.358. The van der Waals surface area contributed by atoms with Gasteiger partial charge in [-0.15, -0.1) is 0 Å². The molecule has 0 atom stereocenters. The topological polar surface area (TPSA) is 69.4 Å². The molecule has 0 spiro atoms. The maximum atomic E-state index is 10.1. The molecule has 0 aliphatic rings. The Balaban J connectivity index is 3.35. The molecule has 0 aliphatic carbocycles. The molecule has 0 saturated carbocycles. The highest BCUT2D eigenvalue weighted by Gasteiger charge is 2.00. The van der Waals surface area contributed by atoms with E-state index in [-0.39, 0.29) is 5.88 Å². The molecule has 8 heavy (non-hydrogen) atoms. The second kappa shape index (κ2) is 1.40. The molecule has 0 bridgehead atoms. The highest BCUT2D eigenvalue weighted by Crippen LogP contribution is 2.03. The van der Waals surface area contributed by atoms with Crippen LogP contribution in [0.25, 0.3) is 0 Å². The van der Waals surface area contributed by atoms with Gasteiger partial charge in [0.1, 0.15) is 0 Å². The lowest BCUT2D eigenvalue weighted by Crippen LogP contribution is -1.86. The first-order valence-corrected chi connectivity index (χ1v) is 2.06. The molecule has 0 saturated heterocycles. The van der Waals surface area contributed by atoms with Gasteiger partial charge in [0, 0.05) is 0 Å². The number of anilines is 1. The standard InChI is InChI=1S/C4H5NO3/c1-2-3(5)8-4(6)7-2/h5H2,1H3. The van der Waals surface area contributed by atoms with Crippen LogP contribution in [-0.2, 0) is 0 Å². The van der Waals surface area contributed by atoms with Crippen molar-refractivity contribution in [3.8, 4) is 0 Å². The molecule has 1 rings (SSSR count). The van der Waals surface area contributed by atoms with E-state index in [1.165, 1.54) is 0 Å². The van der Waals surface area contributed by atoms with E-state index >= 15 is 0 Å². The highest BCUT2D eigenvalue weighted by molar-refractivity contribution is 5.24. The van der Waals surface area contributed by atoms with E-state index in [4.69, 9.17) is 5.73 Å². The van der Waals surface area contributed by atoms with Crippen molar-refractivity contribution in [2.75, 3.05) is 5.73 Å². The number of aryl methyl sites for hydroxylation is 1. The van der Waals surface area contributed by atoms with Gasteiger partial charge in [-0.2, -0.15) is 0 Å². The minimum absolute atomic E-state index is 0.0509. The van der Waals surface area contributed by atoms with Crippen molar-refractivity contribution in [1.29, 1.82) is 0 Å². The largest absolute Gasteiger partial charge is 0.520 e. The highest BCUT2D eigenvalue weighted by atomic mass is 16.6. The number of nitrogen functional groups attached to an aromatic ring is 1. The minimum Gasteiger partial charge on any atom is -0.394 e. The predicted octanol–water partition coefficient (Wildman–Crippen LogP) is 0.123. The average Bonchev–Trinajstić information content (AvgIpc) is 1.85. The van der Waals surface area contributed by atoms with Crippen LogP contribution in [0.1, 0.15) is 5.76 Å². The fourth-order valence-electron chi connectivity index (χ4n) is 0.358. The summed E-state index contributed by atoms with van der Waals surface area (Å²) in [7, 11) is 0. The summed E-state index contributed by atoms with van der Waals surface area (Å²) in [6, 6.07) is 0. The van der Waals surface area contributed by atoms with Crippen molar-refractivity contribution < 1.29 is 8.83 Å². The molecule has 44 valence electrons. The first kappa shape index (κ1) is 4.96. The number of nitrogens with two attached hydrogens (primary N) is 1. The maximum Gasteiger partial charge on any atom is 0.520 e. The lowest BCUT2D eigenvalue weighted by molar-refractivity contribution is 0.382. The van der Waals surface area contributed by atoms with Gasteiger partial charge in [-0.3, -0.25) is 0 Å². The zero-order valence-corrected chi connectivity index (χ0v) is 4.30. The second-order valence-electron chi connectivity index (χ2n) is 1.37. The van der Waals surface area contributed by atoms with Crippen LogP contribution in [-0.4, -0.2) is 0 Å². The quantitative estimate of drug-likeness (QED) is 0.521. The SMILES string of the molecule is Cc1oc(=O)oc1N. The van der Waals surface area contributed by atoms with E-state index in [2.05, 4.69) is 8.83 Å². The molecule has 0 unspecified atom stereocenters. The molecule has 1 aromatic heterocycles. The van der Waals surface area contributed by atoms with Crippen LogP contribution in [0, 0.1) is 6.92 Å². The second-order valence-corrected chi connectivity index (χ2v) is 1.37. The van der Waals surface area contributed by atoms with Gasteiger partial charge in [0.15, 0.2) is 5.76 Å². The Bertz CT molecular complexity index is 211. The van der Waals surface area contributed by atoms with Crippen LogP contribution in [0.4, 0.5) is 5.88 Å². The van der Waals surface area contributed by atoms with Crippen molar-refractivity contribution in [1.82, 2.24) is 0 Å². The van der Waals surface area contributed by atoms with E-state index < -0.39 is 5.82 Å². The zero-order valence-electron chi connectivity index (χ0n) is 4.30. The number of rotatable bonds is 0. The van der Waals surface area contributed by atoms with Crippen molar-refractivity contribution in [3.05, 3.63) is 16.4 Å². The molecular weight excluding hydrogens is 110 g/mol. The third-order valence-electron chi connectivity index (χ3n) is 0.777. The molecule has 2 N–H and O–H groups in total. The van der Waals surface area contributed by atoms with Crippen LogP contribution < -0.4 is 11.6 Å². The van der Waals surface area contributed by atoms with Crippen LogP contribution in [0.5, 0.6) is 0 Å². The molecule has 0 fully saturated rings. The van der Waals surface area contributed by atoms with Gasteiger partial charge < -0.3 is 14.6 Å². The fraction of sp³-hybridized carbons (Fsp3) is 0.250. The summed E-state index contributed by atoms with van der Waals surface area (Å²) in [5.41, 5.74) is 5.08. The normalized spacial score (nSPS) is 9.62. The van der Waals surface area contributed by atoms with Crippen molar-refractivity contribution in [2.45, 2.75) is 6.92 Å². The van der Waals surface area contributed by atoms with E-state index in [0.717, 1.165) is 0 Å². The van der Waals surface area contributed by atoms with Gasteiger partial charge in [-0.25, -0.2) is 4.79 Å². The first-order valence-electron chi connectivity index (χ1n) is 2.06. The summed E-state index contributed by atoms with van der Waals surface area (Å²) in [6.07, 6.45) is 0. The van der Waals surface area contributed by atoms with E-state index in [1.807, 2.05) is 0 Å². The number of hydrogen-bond donors (Lipinski definition) is 1. The molecule has 0 radical (unpaired) electrons. The van der Waals surface area contributed by atoms with E-state index in [0.29, 0.717) is 5.76 Å². The third-order valence-corrected chi connectivity index (χ3v) is 0.777. The van der Waals surface area contributed by atoms with Crippen molar-refractivity contribution in [3.63, 3.8) is 0 Å². The molecule has 0 aliphatic heterocycles. The Hall–Kier alpha value is -1.19. The van der Waals surface area contributed by atoms with Crippen LogP contribution >= 0.6 is 0 Å². The monoisotopic (exact) mass is 115 g/mol. The Kier molecular flexibility index (Phi) is 0.865. The minimum atomic E-state index is -0.750. The average molecular weight is 115 g/mol. The van der Waals surface area contributed by atoms with Crippen LogP contribution in [0.2, 0.25) is 0 Å². The summed E-state index contributed by atoms with van der Waals surface area (Å²) in [5, 5.41) is 0. The Morgan fingerprint density at radius 2 is 2.12 bits per heavy atom. The lowest BCUT2D eigenvalue weighted by atomic mass is 10.6. The number of hydrogen-bond acceptors (Lipinski definition) is 4. The Morgan fingerprint density at radius 3 is 2.25 bits per heavy atom. The molecule has 1 aromatic rings. The van der Waals surface area contributed by atoms with Crippen molar-refractivity contribution in [2.24, 2.45) is 0 Å². The van der Waals surface area contributed by atoms with Gasteiger partial charge in [0.25, 0.3) is 0 Å². The van der Waals surface area contributed by atoms with E-state index in [9.17, 15) is 4.79 Å². The predicted molar refractivity (Wildman–Crippen MR) is 26.4 cm³/mol. The molecule has 4 nitrogen and oxygen atoms in total. The molecule has 0 amide bonds. The molecular formula is C4H5NO3. The summed E-state index contributed by atoms with van der Waals surface area (Å²) in [6.45, 7) is 1.56. The van der Waals surface area contributed by atoms with Crippen LogP contribution in [0.3, 0.4) is 0 Å². The third kappa shape index (κ3) is 0.598. The van der Waals surface area contributed by atoms with Gasteiger partial charge in [0.2, 0.25) is 5.88 Å². The Morgan fingerprint density at radius 1 is 1.50 bits per heavy atom. The van der Waals surface area contributed by atoms with Crippen molar-refractivity contribution >= 4 is 5.88 Å². The molecule has 1 heterocycles. The van der Waals surface area contributed by atoms with Gasteiger partial charge in [-0.05, 0) is 6.92 Å². The zero-order chi connectivity index (χ0) is 6.15. The first-order chi connectivity index (χ1) is 3.70. The van der Waals surface area contributed by atoms with Crippen LogP contribution in [0.15, 0.2) is 13.6 Å². The summed E-state index contributed by atoms with van der Waals surface area (Å²) in [4.78, 5) is 10.1. The molecule has 0 aromatic carbocycles. The Labute approximate surface area is 44.9 Å². The summed E-state index contributed by atoms with van der Waals surface area (Å²) >= 11 is 0. The summed E-state index contributed by atoms with van der Waals surface area (Å²) < 4.78 is 8.64. The van der Waals surface area contributed by atoms with E-state index in [1.54, 1.807) is 6.92 Å². The van der Waals surface area contributed by atoms with Gasteiger partial charge in [-0.1, -0.05) is 0 Å². The maximum absolute atomic E-state index is 10.1. The molecule has 4 heteroatoms. The lowest BCUT2D eigenvalue weighted by Gasteiger charge is -1.75. The van der Waals surface area contributed by atoms with Gasteiger partial charge in [0.05, 0.1) is 0 Å². The summed E-state index contributed by atoms with van der Waals surface area (Å²) in [5.74, 6) is -0.370.